The van der Waals surface area contributed by atoms with Crippen molar-refractivity contribution in [2.45, 2.75) is 46.2 Å². The van der Waals surface area contributed by atoms with Crippen molar-refractivity contribution in [2.24, 2.45) is 5.92 Å². The van der Waals surface area contributed by atoms with Crippen LogP contribution in [0.5, 0.6) is 0 Å². The lowest BCUT2D eigenvalue weighted by Crippen LogP contribution is -2.39. The average molecular weight is 264 g/mol. The second kappa shape index (κ2) is 6.06. The van der Waals surface area contributed by atoms with Crippen LogP contribution in [0.15, 0.2) is 12.4 Å². The third-order valence-electron chi connectivity index (χ3n) is 3.70. The zero-order chi connectivity index (χ0) is 13.9. The van der Waals surface area contributed by atoms with Gasteiger partial charge < -0.3 is 10.2 Å². The maximum Gasteiger partial charge on any atom is 0.0536 e. The maximum atomic E-state index is 4.34. The molecule has 0 saturated carbocycles. The minimum Gasteiger partial charge on any atom is -0.312 e. The Labute approximate surface area is 117 Å². The van der Waals surface area contributed by atoms with Gasteiger partial charge in [0.25, 0.3) is 0 Å². The van der Waals surface area contributed by atoms with Gasteiger partial charge in [-0.3, -0.25) is 4.68 Å². The van der Waals surface area contributed by atoms with E-state index in [4.69, 9.17) is 0 Å². The second-order valence-electron chi connectivity index (χ2n) is 6.87. The van der Waals surface area contributed by atoms with Crippen molar-refractivity contribution in [1.82, 2.24) is 20.0 Å². The van der Waals surface area contributed by atoms with Gasteiger partial charge in [0.1, 0.15) is 0 Å². The molecule has 4 nitrogen and oxygen atoms in total. The Balaban J connectivity index is 1.67. The van der Waals surface area contributed by atoms with Crippen LogP contribution < -0.4 is 5.32 Å². The third kappa shape index (κ3) is 4.96. The Bertz CT molecular complexity index is 391. The van der Waals surface area contributed by atoms with Gasteiger partial charge in [-0.1, -0.05) is 0 Å². The SMILES string of the molecule is Cc1cnn(CCN2CCC(CNC(C)(C)C)C2)c1. The molecule has 1 aromatic rings. The number of rotatable bonds is 5. The first-order valence-electron chi connectivity index (χ1n) is 7.39. The summed E-state index contributed by atoms with van der Waals surface area (Å²) >= 11 is 0. The Morgan fingerprint density at radius 2 is 2.16 bits per heavy atom. The molecular formula is C15H28N4. The van der Waals surface area contributed by atoms with Crippen LogP contribution in [-0.2, 0) is 6.54 Å². The third-order valence-corrected chi connectivity index (χ3v) is 3.70. The highest BCUT2D eigenvalue weighted by Gasteiger charge is 2.23. The number of aryl methyl sites for hydroxylation is 1. The van der Waals surface area contributed by atoms with Crippen LogP contribution in [0.4, 0.5) is 0 Å². The van der Waals surface area contributed by atoms with E-state index in [1.807, 2.05) is 6.20 Å². The lowest BCUT2D eigenvalue weighted by atomic mass is 10.1. The highest BCUT2D eigenvalue weighted by Crippen LogP contribution is 2.16. The molecule has 0 spiro atoms. The number of nitrogens with zero attached hydrogens (tertiary/aromatic N) is 3. The van der Waals surface area contributed by atoms with Gasteiger partial charge in [0.2, 0.25) is 0 Å². The molecule has 0 amide bonds. The van der Waals surface area contributed by atoms with E-state index in [0.717, 1.165) is 25.6 Å². The summed E-state index contributed by atoms with van der Waals surface area (Å²) in [5.41, 5.74) is 1.48. The summed E-state index contributed by atoms with van der Waals surface area (Å²) in [6, 6.07) is 0. The van der Waals surface area contributed by atoms with E-state index in [0.29, 0.717) is 0 Å². The Morgan fingerprint density at radius 3 is 2.79 bits per heavy atom. The molecule has 1 unspecified atom stereocenters. The van der Waals surface area contributed by atoms with Crippen molar-refractivity contribution in [2.75, 3.05) is 26.2 Å². The fourth-order valence-electron chi connectivity index (χ4n) is 2.57. The number of nitrogens with one attached hydrogen (secondary N) is 1. The van der Waals surface area contributed by atoms with Crippen molar-refractivity contribution in [3.63, 3.8) is 0 Å². The van der Waals surface area contributed by atoms with Crippen molar-refractivity contribution in [3.05, 3.63) is 18.0 Å². The zero-order valence-electron chi connectivity index (χ0n) is 12.8. The first-order valence-corrected chi connectivity index (χ1v) is 7.39. The van der Waals surface area contributed by atoms with Crippen molar-refractivity contribution < 1.29 is 0 Å². The maximum absolute atomic E-state index is 4.34. The van der Waals surface area contributed by atoms with E-state index in [1.165, 1.54) is 25.1 Å². The summed E-state index contributed by atoms with van der Waals surface area (Å²) in [6.07, 6.45) is 5.37. The minimum atomic E-state index is 0.236. The lowest BCUT2D eigenvalue weighted by molar-refractivity contribution is 0.295. The molecule has 1 aliphatic rings. The molecule has 0 aromatic carbocycles. The molecule has 1 aliphatic heterocycles. The first-order chi connectivity index (χ1) is 8.92. The standard InChI is InChI=1S/C15H28N4/c1-13-9-17-19(11-13)8-7-18-6-5-14(12-18)10-16-15(2,3)4/h9,11,14,16H,5-8,10,12H2,1-4H3. The van der Waals surface area contributed by atoms with E-state index >= 15 is 0 Å². The number of hydrogen-bond donors (Lipinski definition) is 1. The zero-order valence-corrected chi connectivity index (χ0v) is 12.8. The minimum absolute atomic E-state index is 0.236. The highest BCUT2D eigenvalue weighted by molar-refractivity contribution is 4.99. The molecule has 1 N–H and O–H groups in total. The fraction of sp³-hybridized carbons (Fsp3) is 0.800. The molecule has 2 heterocycles. The normalized spacial score (nSPS) is 21.2. The van der Waals surface area contributed by atoms with Crippen LogP contribution in [0.1, 0.15) is 32.8 Å². The van der Waals surface area contributed by atoms with Gasteiger partial charge >= 0.3 is 0 Å². The number of likely N-dealkylation sites (tertiary alicyclic amines) is 1. The topological polar surface area (TPSA) is 33.1 Å². The molecule has 0 aliphatic carbocycles. The smallest absolute Gasteiger partial charge is 0.0536 e. The molecule has 4 heteroatoms. The summed E-state index contributed by atoms with van der Waals surface area (Å²) in [4.78, 5) is 2.56. The first kappa shape index (κ1) is 14.5. The summed E-state index contributed by atoms with van der Waals surface area (Å²) < 4.78 is 2.05. The molecule has 108 valence electrons. The molecular weight excluding hydrogens is 236 g/mol. The Kier molecular flexibility index (Phi) is 4.63. The van der Waals surface area contributed by atoms with Crippen molar-refractivity contribution in [1.29, 1.82) is 0 Å². The van der Waals surface area contributed by atoms with Crippen LogP contribution in [0.25, 0.3) is 0 Å². The van der Waals surface area contributed by atoms with E-state index in [9.17, 15) is 0 Å². The van der Waals surface area contributed by atoms with Crippen LogP contribution in [0, 0.1) is 12.8 Å². The molecule has 19 heavy (non-hydrogen) atoms. The largest absolute Gasteiger partial charge is 0.312 e. The van der Waals surface area contributed by atoms with E-state index in [1.54, 1.807) is 0 Å². The monoisotopic (exact) mass is 264 g/mol. The predicted octanol–water partition coefficient (Wildman–Crippen LogP) is 1.90. The summed E-state index contributed by atoms with van der Waals surface area (Å²) in [5, 5.41) is 7.96. The molecule has 1 fully saturated rings. The van der Waals surface area contributed by atoms with Gasteiger partial charge in [0.15, 0.2) is 0 Å². The van der Waals surface area contributed by atoms with Gasteiger partial charge in [-0.25, -0.2) is 0 Å². The molecule has 2 rings (SSSR count). The van der Waals surface area contributed by atoms with Gasteiger partial charge in [-0.15, -0.1) is 0 Å². The Morgan fingerprint density at radius 1 is 1.37 bits per heavy atom. The molecule has 0 radical (unpaired) electrons. The van der Waals surface area contributed by atoms with Crippen LogP contribution in [0.2, 0.25) is 0 Å². The lowest BCUT2D eigenvalue weighted by Gasteiger charge is -2.23. The van der Waals surface area contributed by atoms with Crippen LogP contribution in [0.3, 0.4) is 0 Å². The summed E-state index contributed by atoms with van der Waals surface area (Å²) in [5.74, 6) is 0.804. The number of hydrogen-bond acceptors (Lipinski definition) is 3. The average Bonchev–Trinajstić information content (AvgIpc) is 2.92. The van der Waals surface area contributed by atoms with Crippen LogP contribution in [-0.4, -0.2) is 46.4 Å². The second-order valence-corrected chi connectivity index (χ2v) is 6.87. The van der Waals surface area contributed by atoms with Crippen molar-refractivity contribution >= 4 is 0 Å². The van der Waals surface area contributed by atoms with E-state index in [2.05, 4.69) is 53.9 Å². The Hall–Kier alpha value is -0.870. The van der Waals surface area contributed by atoms with Crippen LogP contribution >= 0.6 is 0 Å². The molecule has 1 atom stereocenters. The van der Waals surface area contributed by atoms with Crippen molar-refractivity contribution in [3.8, 4) is 0 Å². The van der Waals surface area contributed by atoms with Gasteiger partial charge in [-0.05, 0) is 58.7 Å². The van der Waals surface area contributed by atoms with E-state index in [-0.39, 0.29) is 5.54 Å². The predicted molar refractivity (Wildman–Crippen MR) is 79.3 cm³/mol. The summed E-state index contributed by atoms with van der Waals surface area (Å²) in [6.45, 7) is 14.5. The van der Waals surface area contributed by atoms with Gasteiger partial charge in [-0.2, -0.15) is 5.10 Å². The number of aromatic nitrogens is 2. The van der Waals surface area contributed by atoms with Gasteiger partial charge in [0, 0.05) is 24.8 Å². The summed E-state index contributed by atoms with van der Waals surface area (Å²) in [7, 11) is 0. The van der Waals surface area contributed by atoms with E-state index < -0.39 is 0 Å². The highest BCUT2D eigenvalue weighted by atomic mass is 15.3. The van der Waals surface area contributed by atoms with Gasteiger partial charge in [0.05, 0.1) is 12.7 Å². The molecule has 1 aromatic heterocycles. The molecule has 0 bridgehead atoms. The molecule has 1 saturated heterocycles. The quantitative estimate of drug-likeness (QED) is 0.882. The fourth-order valence-corrected chi connectivity index (χ4v) is 2.57.